The first-order valence-corrected chi connectivity index (χ1v) is 9.60. The molecule has 26 heavy (non-hydrogen) atoms. The van der Waals surface area contributed by atoms with E-state index in [2.05, 4.69) is 12.1 Å². The lowest BCUT2D eigenvalue weighted by Gasteiger charge is -2.37. The zero-order valence-corrected chi connectivity index (χ0v) is 15.2. The summed E-state index contributed by atoms with van der Waals surface area (Å²) < 4.78 is 6.27. The average molecular weight is 383 g/mol. The molecule has 130 valence electrons. The SMILES string of the molecule is Oc1ccc(Cl)cc1C1=NN2[C@H](C1)c1ccccc1O[C@H]2c1cccs1. The van der Waals surface area contributed by atoms with Gasteiger partial charge in [-0.3, -0.25) is 0 Å². The minimum absolute atomic E-state index is 0.0698. The van der Waals surface area contributed by atoms with Crippen LogP contribution in [0.15, 0.2) is 65.1 Å². The van der Waals surface area contributed by atoms with E-state index >= 15 is 0 Å². The van der Waals surface area contributed by atoms with Gasteiger partial charge in [0.05, 0.1) is 16.6 Å². The molecule has 0 unspecified atom stereocenters. The molecule has 0 aliphatic carbocycles. The molecule has 6 heteroatoms. The number of thiophene rings is 1. The van der Waals surface area contributed by atoms with Crippen LogP contribution in [0.5, 0.6) is 11.5 Å². The lowest BCUT2D eigenvalue weighted by Crippen LogP contribution is -2.33. The molecule has 5 rings (SSSR count). The average Bonchev–Trinajstić information content (AvgIpc) is 3.33. The molecule has 0 amide bonds. The van der Waals surface area contributed by atoms with E-state index in [0.29, 0.717) is 17.0 Å². The molecular weight excluding hydrogens is 368 g/mol. The number of hydrogen-bond acceptors (Lipinski definition) is 5. The van der Waals surface area contributed by atoms with E-state index in [1.54, 1.807) is 29.5 Å². The maximum Gasteiger partial charge on any atom is 0.222 e. The summed E-state index contributed by atoms with van der Waals surface area (Å²) in [4.78, 5) is 1.10. The van der Waals surface area contributed by atoms with Crippen LogP contribution in [0.2, 0.25) is 5.02 Å². The van der Waals surface area contributed by atoms with E-state index in [0.717, 1.165) is 21.9 Å². The topological polar surface area (TPSA) is 45.1 Å². The number of ether oxygens (including phenoxy) is 1. The van der Waals surface area contributed by atoms with Crippen LogP contribution in [0.25, 0.3) is 0 Å². The third-order valence-electron chi connectivity index (χ3n) is 4.76. The second-order valence-corrected chi connectivity index (χ2v) is 7.75. The number of nitrogens with zero attached hydrogens (tertiary/aromatic N) is 2. The number of hydrazone groups is 1. The molecule has 1 N–H and O–H groups in total. The molecule has 4 nitrogen and oxygen atoms in total. The molecule has 2 aliphatic heterocycles. The first kappa shape index (κ1) is 15.7. The first-order valence-electron chi connectivity index (χ1n) is 8.34. The molecular formula is C20H15ClN2O2S. The standard InChI is InChI=1S/C20H15ClN2O2S/c21-12-7-8-17(24)14(10-12)15-11-16-13-4-1-2-5-18(13)25-20(23(16)22-15)19-6-3-9-26-19/h1-10,16,20,24H,11H2/t16-,20+/m1/s1. The van der Waals surface area contributed by atoms with Crippen molar-refractivity contribution in [2.45, 2.75) is 18.7 Å². The van der Waals surface area contributed by atoms with Gasteiger partial charge in [0, 0.05) is 22.6 Å². The third kappa shape index (κ3) is 2.47. The highest BCUT2D eigenvalue weighted by atomic mass is 35.5. The number of rotatable bonds is 2. The second-order valence-electron chi connectivity index (χ2n) is 6.33. The van der Waals surface area contributed by atoms with Crippen molar-refractivity contribution in [3.63, 3.8) is 0 Å². The molecule has 0 spiro atoms. The molecule has 0 bridgehead atoms. The monoisotopic (exact) mass is 382 g/mol. The van der Waals surface area contributed by atoms with Crippen LogP contribution in [0.4, 0.5) is 0 Å². The van der Waals surface area contributed by atoms with Crippen molar-refractivity contribution in [3.05, 3.63) is 81.0 Å². The van der Waals surface area contributed by atoms with Crippen molar-refractivity contribution in [3.8, 4) is 11.5 Å². The van der Waals surface area contributed by atoms with Gasteiger partial charge >= 0.3 is 0 Å². The van der Waals surface area contributed by atoms with Crippen molar-refractivity contribution >= 4 is 28.6 Å². The Kier molecular flexibility index (Phi) is 3.65. The molecule has 2 atom stereocenters. The number of benzene rings is 2. The molecule has 0 saturated carbocycles. The number of aromatic hydroxyl groups is 1. The Morgan fingerprint density at radius 1 is 1.15 bits per heavy atom. The van der Waals surface area contributed by atoms with Crippen LogP contribution in [-0.4, -0.2) is 15.8 Å². The predicted octanol–water partition coefficient (Wildman–Crippen LogP) is 5.35. The van der Waals surface area contributed by atoms with Gasteiger partial charge in [-0.15, -0.1) is 11.3 Å². The Bertz CT molecular complexity index is 1000. The number of halogens is 1. The Hall–Kier alpha value is -2.50. The summed E-state index contributed by atoms with van der Waals surface area (Å²) >= 11 is 7.79. The number of phenolic OH excluding ortho intramolecular Hbond substituents is 1. The molecule has 0 radical (unpaired) electrons. The van der Waals surface area contributed by atoms with E-state index in [-0.39, 0.29) is 18.0 Å². The quantitative estimate of drug-likeness (QED) is 0.649. The molecule has 3 aromatic rings. The van der Waals surface area contributed by atoms with Gasteiger partial charge in [-0.1, -0.05) is 35.9 Å². The number of fused-ring (bicyclic) bond motifs is 3. The summed E-state index contributed by atoms with van der Waals surface area (Å²) in [6, 6.07) is 17.3. The van der Waals surface area contributed by atoms with Crippen LogP contribution in [0.1, 0.15) is 34.7 Å². The number of phenols is 1. The van der Waals surface area contributed by atoms with E-state index < -0.39 is 0 Å². The van der Waals surface area contributed by atoms with Crippen LogP contribution in [0.3, 0.4) is 0 Å². The van der Waals surface area contributed by atoms with Gasteiger partial charge in [-0.05, 0) is 35.7 Å². The maximum atomic E-state index is 10.3. The Labute approximate surface area is 159 Å². The van der Waals surface area contributed by atoms with Crippen LogP contribution < -0.4 is 4.74 Å². The van der Waals surface area contributed by atoms with Gasteiger partial charge in [0.1, 0.15) is 11.5 Å². The molecule has 2 aliphatic rings. The summed E-state index contributed by atoms with van der Waals surface area (Å²) in [6.45, 7) is 0. The summed E-state index contributed by atoms with van der Waals surface area (Å²) in [5.74, 6) is 1.08. The van der Waals surface area contributed by atoms with Crippen LogP contribution in [0, 0.1) is 0 Å². The van der Waals surface area contributed by atoms with Gasteiger partial charge < -0.3 is 9.84 Å². The zero-order chi connectivity index (χ0) is 17.7. The number of hydrogen-bond donors (Lipinski definition) is 1. The largest absolute Gasteiger partial charge is 0.507 e. The predicted molar refractivity (Wildman–Crippen MR) is 103 cm³/mol. The summed E-state index contributed by atoms with van der Waals surface area (Å²) in [6.07, 6.45) is 0.421. The second kappa shape index (κ2) is 6.04. The highest BCUT2D eigenvalue weighted by Crippen LogP contribution is 2.48. The lowest BCUT2D eigenvalue weighted by molar-refractivity contribution is -0.0165. The smallest absolute Gasteiger partial charge is 0.222 e. The van der Waals surface area contributed by atoms with Crippen molar-refractivity contribution in [1.82, 2.24) is 5.01 Å². The van der Waals surface area contributed by atoms with Gasteiger partial charge in [-0.2, -0.15) is 5.10 Å². The lowest BCUT2D eigenvalue weighted by atomic mass is 9.96. The Morgan fingerprint density at radius 2 is 2.04 bits per heavy atom. The minimum Gasteiger partial charge on any atom is -0.507 e. The van der Waals surface area contributed by atoms with Crippen LogP contribution >= 0.6 is 22.9 Å². The van der Waals surface area contributed by atoms with Crippen molar-refractivity contribution < 1.29 is 9.84 Å². The minimum atomic E-state index is -0.270. The van der Waals surface area contributed by atoms with E-state index in [1.807, 2.05) is 34.7 Å². The summed E-state index contributed by atoms with van der Waals surface area (Å²) in [7, 11) is 0. The third-order valence-corrected chi connectivity index (χ3v) is 5.89. The van der Waals surface area contributed by atoms with Crippen molar-refractivity contribution in [2.75, 3.05) is 0 Å². The Morgan fingerprint density at radius 3 is 2.88 bits per heavy atom. The molecule has 3 heterocycles. The van der Waals surface area contributed by atoms with Gasteiger partial charge in [0.25, 0.3) is 0 Å². The highest BCUT2D eigenvalue weighted by molar-refractivity contribution is 7.10. The molecule has 0 fully saturated rings. The Balaban J connectivity index is 1.62. The fourth-order valence-electron chi connectivity index (χ4n) is 3.56. The van der Waals surface area contributed by atoms with E-state index in [4.69, 9.17) is 21.4 Å². The fraction of sp³-hybridized carbons (Fsp3) is 0.150. The highest BCUT2D eigenvalue weighted by Gasteiger charge is 2.41. The zero-order valence-electron chi connectivity index (χ0n) is 13.7. The van der Waals surface area contributed by atoms with E-state index in [1.165, 1.54) is 0 Å². The fourth-order valence-corrected chi connectivity index (χ4v) is 4.47. The van der Waals surface area contributed by atoms with Crippen LogP contribution in [-0.2, 0) is 0 Å². The molecule has 0 saturated heterocycles. The molecule has 1 aromatic heterocycles. The van der Waals surface area contributed by atoms with Gasteiger partial charge in [-0.25, -0.2) is 5.01 Å². The summed E-state index contributed by atoms with van der Waals surface area (Å²) in [5.41, 5.74) is 2.60. The number of para-hydroxylation sites is 1. The van der Waals surface area contributed by atoms with Gasteiger partial charge in [0.2, 0.25) is 6.23 Å². The van der Waals surface area contributed by atoms with E-state index in [9.17, 15) is 5.11 Å². The maximum absolute atomic E-state index is 10.3. The normalized spacial score (nSPS) is 21.0. The summed E-state index contributed by atoms with van der Waals surface area (Å²) in [5, 5.41) is 19.7. The molecule has 2 aromatic carbocycles. The van der Waals surface area contributed by atoms with Crippen molar-refractivity contribution in [2.24, 2.45) is 5.10 Å². The first-order chi connectivity index (χ1) is 12.7. The van der Waals surface area contributed by atoms with Crippen molar-refractivity contribution in [1.29, 1.82) is 0 Å². The van der Waals surface area contributed by atoms with Gasteiger partial charge in [0.15, 0.2) is 0 Å².